The Balaban J connectivity index is 1.71. The summed E-state index contributed by atoms with van der Waals surface area (Å²) >= 11 is 0. The second-order valence-corrected chi connectivity index (χ2v) is 6.26. The van der Waals surface area contributed by atoms with Gasteiger partial charge in [-0.2, -0.15) is 0 Å². The van der Waals surface area contributed by atoms with Crippen LogP contribution in [0.15, 0.2) is 42.5 Å². The fraction of sp³-hybridized carbons (Fsp3) is 0.263. The highest BCUT2D eigenvalue weighted by Gasteiger charge is 2.28. The van der Waals surface area contributed by atoms with Crippen molar-refractivity contribution in [2.24, 2.45) is 5.92 Å². The maximum absolute atomic E-state index is 14.4. The van der Waals surface area contributed by atoms with Crippen molar-refractivity contribution in [3.05, 3.63) is 54.1 Å². The van der Waals surface area contributed by atoms with Gasteiger partial charge in [-0.25, -0.2) is 13.6 Å². The third-order valence-corrected chi connectivity index (χ3v) is 4.41. The Morgan fingerprint density at radius 3 is 2.65 bits per heavy atom. The lowest BCUT2D eigenvalue weighted by Crippen LogP contribution is -2.44. The molecule has 1 heterocycles. The van der Waals surface area contributed by atoms with Crippen LogP contribution in [-0.2, 0) is 4.79 Å². The van der Waals surface area contributed by atoms with Gasteiger partial charge >= 0.3 is 12.0 Å². The molecule has 7 heteroatoms. The van der Waals surface area contributed by atoms with E-state index in [0.29, 0.717) is 24.9 Å². The molecule has 26 heavy (non-hydrogen) atoms. The number of carboxylic acids is 1. The van der Waals surface area contributed by atoms with Gasteiger partial charge in [-0.1, -0.05) is 12.1 Å². The van der Waals surface area contributed by atoms with E-state index in [4.69, 9.17) is 5.11 Å². The molecule has 2 aromatic carbocycles. The second-order valence-electron chi connectivity index (χ2n) is 6.26. The van der Waals surface area contributed by atoms with Crippen LogP contribution in [0.5, 0.6) is 0 Å². The molecule has 2 N–H and O–H groups in total. The van der Waals surface area contributed by atoms with Crippen LogP contribution in [0, 0.1) is 17.6 Å². The van der Waals surface area contributed by atoms with Crippen LogP contribution in [-0.4, -0.2) is 35.1 Å². The predicted molar refractivity (Wildman–Crippen MR) is 92.7 cm³/mol. The summed E-state index contributed by atoms with van der Waals surface area (Å²) in [5.74, 6) is -2.55. The van der Waals surface area contributed by atoms with Gasteiger partial charge < -0.3 is 15.3 Å². The van der Waals surface area contributed by atoms with Crippen molar-refractivity contribution in [3.63, 3.8) is 0 Å². The Bertz CT molecular complexity index is 841. The first kappa shape index (κ1) is 17.8. The third kappa shape index (κ3) is 3.99. The van der Waals surface area contributed by atoms with E-state index >= 15 is 0 Å². The van der Waals surface area contributed by atoms with Gasteiger partial charge in [-0.3, -0.25) is 4.79 Å². The minimum atomic E-state index is -0.923. The standard InChI is InChI=1S/C19H18F2N2O3/c20-14-5-1-3-12(9-14)16-7-6-15(10-17(16)21)22-19(26)23-8-2-4-13(11-23)18(24)25/h1,3,5-7,9-10,13H,2,4,8,11H2,(H,22,26)(H,24,25). The number of hydrogen-bond acceptors (Lipinski definition) is 2. The summed E-state index contributed by atoms with van der Waals surface area (Å²) < 4.78 is 27.7. The molecular weight excluding hydrogens is 342 g/mol. The zero-order chi connectivity index (χ0) is 18.7. The van der Waals surface area contributed by atoms with Gasteiger partial charge in [0.25, 0.3) is 0 Å². The molecule has 0 aromatic heterocycles. The van der Waals surface area contributed by atoms with E-state index in [-0.39, 0.29) is 17.8 Å². The number of aliphatic carboxylic acids is 1. The molecule has 1 unspecified atom stereocenters. The molecule has 1 atom stereocenters. The minimum absolute atomic E-state index is 0.130. The number of carboxylic acid groups (broad SMARTS) is 1. The number of carbonyl (C=O) groups excluding carboxylic acids is 1. The Kier molecular flexibility index (Phi) is 5.16. The summed E-state index contributed by atoms with van der Waals surface area (Å²) in [6.07, 6.45) is 1.15. The summed E-state index contributed by atoms with van der Waals surface area (Å²) in [5, 5.41) is 11.7. The van der Waals surface area contributed by atoms with E-state index in [1.54, 1.807) is 6.07 Å². The van der Waals surface area contributed by atoms with Gasteiger partial charge in [-0.05, 0) is 48.7 Å². The molecule has 0 radical (unpaired) electrons. The number of nitrogens with one attached hydrogen (secondary N) is 1. The number of piperidine rings is 1. The number of benzene rings is 2. The number of rotatable bonds is 3. The summed E-state index contributed by atoms with van der Waals surface area (Å²) in [6.45, 7) is 0.588. The number of amides is 2. The topological polar surface area (TPSA) is 69.6 Å². The van der Waals surface area contributed by atoms with Gasteiger partial charge in [0.2, 0.25) is 0 Å². The van der Waals surface area contributed by atoms with Crippen LogP contribution in [0.4, 0.5) is 19.3 Å². The van der Waals surface area contributed by atoms with Crippen molar-refractivity contribution in [1.82, 2.24) is 4.90 Å². The molecule has 136 valence electrons. The lowest BCUT2D eigenvalue weighted by atomic mass is 9.99. The third-order valence-electron chi connectivity index (χ3n) is 4.41. The second kappa shape index (κ2) is 7.51. The van der Waals surface area contributed by atoms with Gasteiger partial charge in [0.05, 0.1) is 5.92 Å². The fourth-order valence-electron chi connectivity index (χ4n) is 3.05. The molecule has 0 aliphatic carbocycles. The molecule has 2 aromatic rings. The molecule has 3 rings (SSSR count). The number of likely N-dealkylation sites (tertiary alicyclic amines) is 1. The zero-order valence-corrected chi connectivity index (χ0v) is 13.9. The van der Waals surface area contributed by atoms with Crippen LogP contribution >= 0.6 is 0 Å². The van der Waals surface area contributed by atoms with Crippen molar-refractivity contribution < 1.29 is 23.5 Å². The minimum Gasteiger partial charge on any atom is -0.481 e. The molecule has 0 bridgehead atoms. The maximum atomic E-state index is 14.4. The van der Waals surface area contributed by atoms with Gasteiger partial charge in [0.1, 0.15) is 11.6 Å². The average molecular weight is 360 g/mol. The first-order chi connectivity index (χ1) is 12.4. The number of nitrogens with zero attached hydrogens (tertiary/aromatic N) is 1. The maximum Gasteiger partial charge on any atom is 0.321 e. The van der Waals surface area contributed by atoms with Crippen molar-refractivity contribution in [1.29, 1.82) is 0 Å². The first-order valence-corrected chi connectivity index (χ1v) is 8.28. The number of urea groups is 1. The number of carbonyl (C=O) groups is 2. The first-order valence-electron chi connectivity index (χ1n) is 8.28. The highest BCUT2D eigenvalue weighted by molar-refractivity contribution is 5.90. The van der Waals surface area contributed by atoms with E-state index < -0.39 is 29.6 Å². The Morgan fingerprint density at radius 2 is 1.96 bits per heavy atom. The predicted octanol–water partition coefficient (Wildman–Crippen LogP) is 3.96. The quantitative estimate of drug-likeness (QED) is 0.870. The van der Waals surface area contributed by atoms with E-state index in [1.165, 1.54) is 35.2 Å². The van der Waals surface area contributed by atoms with E-state index in [0.717, 1.165) is 6.07 Å². The monoisotopic (exact) mass is 360 g/mol. The molecule has 5 nitrogen and oxygen atoms in total. The van der Waals surface area contributed by atoms with Crippen LogP contribution < -0.4 is 5.32 Å². The smallest absolute Gasteiger partial charge is 0.321 e. The van der Waals surface area contributed by atoms with Crippen molar-refractivity contribution in [3.8, 4) is 11.1 Å². The molecule has 1 saturated heterocycles. The number of halogens is 2. The summed E-state index contributed by atoms with van der Waals surface area (Å²) in [5.41, 5.74) is 0.886. The summed E-state index contributed by atoms with van der Waals surface area (Å²) in [6, 6.07) is 9.30. The molecule has 1 aliphatic heterocycles. The summed E-state index contributed by atoms with van der Waals surface area (Å²) in [7, 11) is 0. The normalized spacial score (nSPS) is 17.0. The van der Waals surface area contributed by atoms with Crippen LogP contribution in [0.2, 0.25) is 0 Å². The number of hydrogen-bond donors (Lipinski definition) is 2. The number of anilines is 1. The fourth-order valence-corrected chi connectivity index (χ4v) is 3.05. The zero-order valence-electron chi connectivity index (χ0n) is 13.9. The van der Waals surface area contributed by atoms with Gasteiger partial charge in [0.15, 0.2) is 0 Å². The van der Waals surface area contributed by atoms with E-state index in [9.17, 15) is 18.4 Å². The Morgan fingerprint density at radius 1 is 1.15 bits per heavy atom. The van der Waals surface area contributed by atoms with Crippen LogP contribution in [0.25, 0.3) is 11.1 Å². The Hall–Kier alpha value is -2.96. The van der Waals surface area contributed by atoms with Crippen molar-refractivity contribution in [2.45, 2.75) is 12.8 Å². The van der Waals surface area contributed by atoms with Crippen molar-refractivity contribution in [2.75, 3.05) is 18.4 Å². The molecule has 1 fully saturated rings. The van der Waals surface area contributed by atoms with Crippen molar-refractivity contribution >= 4 is 17.7 Å². The lowest BCUT2D eigenvalue weighted by Gasteiger charge is -2.30. The summed E-state index contributed by atoms with van der Waals surface area (Å²) in [4.78, 5) is 24.8. The van der Waals surface area contributed by atoms with E-state index in [1.807, 2.05) is 0 Å². The molecule has 2 amide bonds. The highest BCUT2D eigenvalue weighted by Crippen LogP contribution is 2.26. The van der Waals surface area contributed by atoms with Gasteiger partial charge in [0, 0.05) is 24.3 Å². The Labute approximate surface area is 149 Å². The molecule has 1 aliphatic rings. The molecule has 0 spiro atoms. The SMILES string of the molecule is O=C(O)C1CCCN(C(=O)Nc2ccc(-c3cccc(F)c3)c(F)c2)C1. The molecule has 0 saturated carbocycles. The van der Waals surface area contributed by atoms with Crippen LogP contribution in [0.3, 0.4) is 0 Å². The lowest BCUT2D eigenvalue weighted by molar-refractivity contribution is -0.143. The highest BCUT2D eigenvalue weighted by atomic mass is 19.1. The van der Waals surface area contributed by atoms with Crippen LogP contribution in [0.1, 0.15) is 12.8 Å². The largest absolute Gasteiger partial charge is 0.481 e. The van der Waals surface area contributed by atoms with Gasteiger partial charge in [-0.15, -0.1) is 0 Å². The average Bonchev–Trinajstić information content (AvgIpc) is 2.62. The molecular formula is C19H18F2N2O3. The van der Waals surface area contributed by atoms with E-state index in [2.05, 4.69) is 5.32 Å².